The van der Waals surface area contributed by atoms with E-state index in [0.717, 1.165) is 54.1 Å². The van der Waals surface area contributed by atoms with E-state index >= 15 is 0 Å². The van der Waals surface area contributed by atoms with Gasteiger partial charge in [-0.15, -0.1) is 0 Å². The minimum absolute atomic E-state index is 0. The molecule has 2 fully saturated rings. The number of rotatable bonds is 8. The predicted molar refractivity (Wildman–Crippen MR) is 151 cm³/mol. The molecule has 0 spiro atoms. The predicted octanol–water partition coefficient (Wildman–Crippen LogP) is 6.14. The highest BCUT2D eigenvalue weighted by atomic mass is 16.5. The van der Waals surface area contributed by atoms with Crippen molar-refractivity contribution in [2.75, 3.05) is 36.9 Å². The minimum atomic E-state index is -0.385. The number of nitrogens with zero attached hydrogens (tertiary/aromatic N) is 4. The molecule has 2 amide bonds. The number of carbonyl (C=O) groups is 1. The lowest BCUT2D eigenvalue weighted by Crippen LogP contribution is -2.25. The minimum Gasteiger partial charge on any atom is -0.492 e. The van der Waals surface area contributed by atoms with E-state index in [0.29, 0.717) is 17.3 Å². The van der Waals surface area contributed by atoms with Gasteiger partial charge in [0.15, 0.2) is 5.82 Å². The molecule has 4 aromatic rings. The molecule has 0 bridgehead atoms. The number of anilines is 2. The molecule has 4 heterocycles. The second kappa shape index (κ2) is 9.79. The Balaban J connectivity index is 0.00000185. The van der Waals surface area contributed by atoms with Gasteiger partial charge in [-0.3, -0.25) is 5.32 Å². The number of pyridine rings is 1. The summed E-state index contributed by atoms with van der Waals surface area (Å²) in [5.74, 6) is 3.89. The highest BCUT2D eigenvalue weighted by molar-refractivity contribution is 5.99. The number of hydrogen-bond donors (Lipinski definition) is 2. The molecule has 2 aliphatic rings. The zero-order valence-electron chi connectivity index (χ0n) is 22.1. The van der Waals surface area contributed by atoms with Crippen LogP contribution in [0.15, 0.2) is 59.4 Å². The highest BCUT2D eigenvalue weighted by Gasteiger charge is 2.44. The summed E-state index contributed by atoms with van der Waals surface area (Å²) in [5, 5.41) is 9.44. The number of carbonyl (C=O) groups excluding carboxylic acids is 1. The van der Waals surface area contributed by atoms with Gasteiger partial charge in [-0.05, 0) is 48.9 Å². The SMILES string of the molecule is CC(C)(C)c1cc(NC(=O)Nc2ccc(-c3cn4cc(OCCCN5CC6C[C@@H]6C5)ccc4n3)cc2)no1.[HH].[HH]. The molecule has 2 N–H and O–H groups in total. The van der Waals surface area contributed by atoms with Crippen molar-refractivity contribution < 1.29 is 16.9 Å². The van der Waals surface area contributed by atoms with Crippen LogP contribution in [0.3, 0.4) is 0 Å². The molecule has 1 saturated heterocycles. The van der Waals surface area contributed by atoms with Crippen LogP contribution in [0, 0.1) is 11.8 Å². The van der Waals surface area contributed by atoms with Gasteiger partial charge in [0.05, 0.1) is 18.5 Å². The number of urea groups is 1. The standard InChI is InChI=1S/C29H34N6O3.2H2/c1-29(2,3)25-14-26(33-38-25)32-28(36)30-22-7-5-19(6-8-22)24-18-35-17-23(9-10-27(35)31-24)37-12-4-11-34-15-20-13-21(20)16-34;;/h5-10,14,17-18,20-21H,4,11-13,15-16H2,1-3H3,(H2,30,32,33,36);2*1H/t20-,21?;;/m1../s1. The summed E-state index contributed by atoms with van der Waals surface area (Å²) in [7, 11) is 0. The molecule has 202 valence electrons. The zero-order chi connectivity index (χ0) is 26.3. The third-order valence-electron chi connectivity index (χ3n) is 7.30. The summed E-state index contributed by atoms with van der Waals surface area (Å²) < 4.78 is 13.3. The fourth-order valence-electron chi connectivity index (χ4n) is 5.04. The molecular weight excluding hydrogens is 480 g/mol. The first-order valence-electron chi connectivity index (χ1n) is 13.3. The fraction of sp³-hybridized carbons (Fsp3) is 0.414. The molecule has 1 aliphatic heterocycles. The number of imidazole rings is 1. The maximum Gasteiger partial charge on any atom is 0.324 e. The Morgan fingerprint density at radius 1 is 1.11 bits per heavy atom. The first kappa shape index (κ1) is 24.5. The Hall–Kier alpha value is -3.85. The molecule has 3 aromatic heterocycles. The van der Waals surface area contributed by atoms with Crippen LogP contribution < -0.4 is 15.4 Å². The van der Waals surface area contributed by atoms with Crippen molar-refractivity contribution in [1.82, 2.24) is 19.4 Å². The van der Waals surface area contributed by atoms with Gasteiger partial charge in [0.1, 0.15) is 17.2 Å². The summed E-state index contributed by atoms with van der Waals surface area (Å²) in [6, 6.07) is 12.9. The summed E-state index contributed by atoms with van der Waals surface area (Å²) >= 11 is 0. The van der Waals surface area contributed by atoms with Crippen molar-refractivity contribution in [3.05, 3.63) is 60.6 Å². The number of piperidine rings is 1. The summed E-state index contributed by atoms with van der Waals surface area (Å²) in [5.41, 5.74) is 3.14. The van der Waals surface area contributed by atoms with Crippen molar-refractivity contribution in [3.63, 3.8) is 0 Å². The molecule has 1 saturated carbocycles. The van der Waals surface area contributed by atoms with Crippen molar-refractivity contribution in [2.45, 2.75) is 39.0 Å². The number of aromatic nitrogens is 3. The van der Waals surface area contributed by atoms with E-state index in [4.69, 9.17) is 14.2 Å². The van der Waals surface area contributed by atoms with Gasteiger partial charge in [0.25, 0.3) is 0 Å². The van der Waals surface area contributed by atoms with Crippen LogP contribution in [-0.2, 0) is 5.41 Å². The lowest BCUT2D eigenvalue weighted by atomic mass is 9.93. The third-order valence-corrected chi connectivity index (χ3v) is 7.30. The van der Waals surface area contributed by atoms with E-state index < -0.39 is 0 Å². The van der Waals surface area contributed by atoms with Gasteiger partial charge >= 0.3 is 6.03 Å². The lowest BCUT2D eigenvalue weighted by molar-refractivity contribution is 0.249. The summed E-state index contributed by atoms with van der Waals surface area (Å²) in [6.45, 7) is 10.5. The maximum atomic E-state index is 12.4. The van der Waals surface area contributed by atoms with Gasteiger partial charge < -0.3 is 23.9 Å². The smallest absolute Gasteiger partial charge is 0.324 e. The summed E-state index contributed by atoms with van der Waals surface area (Å²) in [6.07, 6.45) is 6.46. The van der Waals surface area contributed by atoms with E-state index in [1.807, 2.05) is 74.0 Å². The Morgan fingerprint density at radius 3 is 2.63 bits per heavy atom. The second-order valence-electron chi connectivity index (χ2n) is 11.5. The molecule has 6 rings (SSSR count). The van der Waals surface area contributed by atoms with E-state index in [1.54, 1.807) is 6.07 Å². The lowest BCUT2D eigenvalue weighted by Gasteiger charge is -2.17. The Labute approximate surface area is 225 Å². The second-order valence-corrected chi connectivity index (χ2v) is 11.5. The number of amides is 2. The fourth-order valence-corrected chi connectivity index (χ4v) is 5.04. The van der Waals surface area contributed by atoms with Gasteiger partial charge in [-0.25, -0.2) is 9.78 Å². The van der Waals surface area contributed by atoms with E-state index in [9.17, 15) is 4.79 Å². The largest absolute Gasteiger partial charge is 0.492 e. The Bertz CT molecular complexity index is 1440. The number of fused-ring (bicyclic) bond motifs is 2. The average molecular weight is 519 g/mol. The molecule has 38 heavy (non-hydrogen) atoms. The molecule has 9 nitrogen and oxygen atoms in total. The molecule has 1 unspecified atom stereocenters. The van der Waals surface area contributed by atoms with Crippen LogP contribution in [0.5, 0.6) is 5.75 Å². The number of nitrogens with one attached hydrogen (secondary N) is 2. The molecule has 2 atom stereocenters. The zero-order valence-corrected chi connectivity index (χ0v) is 22.1. The molecule has 1 aromatic carbocycles. The number of ether oxygens (including phenoxy) is 1. The van der Waals surface area contributed by atoms with Gasteiger partial charge in [0, 0.05) is 51.4 Å². The monoisotopic (exact) mass is 518 g/mol. The van der Waals surface area contributed by atoms with E-state index in [1.165, 1.54) is 19.5 Å². The first-order valence-corrected chi connectivity index (χ1v) is 13.3. The quantitative estimate of drug-likeness (QED) is 0.272. The normalized spacial score (nSPS) is 18.9. The number of benzene rings is 1. The number of likely N-dealkylation sites (tertiary alicyclic amines) is 1. The van der Waals surface area contributed by atoms with Crippen molar-refractivity contribution >= 4 is 23.2 Å². The number of hydrogen-bond acceptors (Lipinski definition) is 6. The highest BCUT2D eigenvalue weighted by Crippen LogP contribution is 2.44. The molecular formula is C29H38N6O3. The third kappa shape index (κ3) is 5.52. The van der Waals surface area contributed by atoms with Crippen molar-refractivity contribution in [2.24, 2.45) is 11.8 Å². The van der Waals surface area contributed by atoms with Gasteiger partial charge in [0.2, 0.25) is 0 Å². The van der Waals surface area contributed by atoms with Crippen molar-refractivity contribution in [1.29, 1.82) is 0 Å². The molecule has 9 heteroatoms. The van der Waals surface area contributed by atoms with Crippen LogP contribution in [0.1, 0.15) is 42.2 Å². The van der Waals surface area contributed by atoms with Crippen molar-refractivity contribution in [3.8, 4) is 17.0 Å². The van der Waals surface area contributed by atoms with Crippen LogP contribution in [0.4, 0.5) is 16.3 Å². The van der Waals surface area contributed by atoms with Gasteiger partial charge in [-0.1, -0.05) is 38.1 Å². The Kier molecular flexibility index (Phi) is 6.31. The molecule has 1 aliphatic carbocycles. The average Bonchev–Trinajstić information content (AvgIpc) is 3.26. The van der Waals surface area contributed by atoms with Gasteiger partial charge in [-0.2, -0.15) is 0 Å². The van der Waals surface area contributed by atoms with E-state index in [2.05, 4.69) is 20.7 Å². The van der Waals surface area contributed by atoms with Crippen LogP contribution in [0.2, 0.25) is 0 Å². The van der Waals surface area contributed by atoms with Crippen LogP contribution >= 0.6 is 0 Å². The Morgan fingerprint density at radius 2 is 1.89 bits per heavy atom. The topological polar surface area (TPSA) is 96.9 Å². The summed E-state index contributed by atoms with van der Waals surface area (Å²) in [4.78, 5) is 19.7. The van der Waals surface area contributed by atoms with Crippen LogP contribution in [-0.4, -0.2) is 51.7 Å². The maximum absolute atomic E-state index is 12.4. The van der Waals surface area contributed by atoms with E-state index in [-0.39, 0.29) is 14.3 Å². The van der Waals surface area contributed by atoms with Crippen LogP contribution in [0.25, 0.3) is 16.9 Å². The molecule has 0 radical (unpaired) electrons. The first-order chi connectivity index (χ1) is 18.3.